The zero-order chi connectivity index (χ0) is 20.3. The summed E-state index contributed by atoms with van der Waals surface area (Å²) in [4.78, 5) is 12.4. The Morgan fingerprint density at radius 3 is 2.75 bits per heavy atom. The molecule has 3 rings (SSSR count). The van der Waals surface area contributed by atoms with Crippen molar-refractivity contribution < 1.29 is 17.6 Å². The van der Waals surface area contributed by atoms with Crippen molar-refractivity contribution in [3.63, 3.8) is 0 Å². The SMILES string of the molecule is C[C@@H]1Cc2cc(C(=O)NCCSCc3ccccc3F)ccc2N1S(C)(=O)=O. The van der Waals surface area contributed by atoms with Crippen molar-refractivity contribution >= 4 is 33.4 Å². The molecule has 150 valence electrons. The fourth-order valence-corrected chi connectivity index (χ4v) is 5.49. The fourth-order valence-electron chi connectivity index (χ4n) is 3.39. The van der Waals surface area contributed by atoms with Crippen LogP contribution in [-0.4, -0.2) is 38.9 Å². The van der Waals surface area contributed by atoms with E-state index in [1.807, 2.05) is 6.92 Å². The molecular formula is C20H23FN2O3S2. The third-order valence-corrected chi connectivity index (χ3v) is 6.88. The van der Waals surface area contributed by atoms with Crippen LogP contribution in [-0.2, 0) is 22.2 Å². The molecule has 8 heteroatoms. The summed E-state index contributed by atoms with van der Waals surface area (Å²) >= 11 is 1.55. The van der Waals surface area contributed by atoms with Gasteiger partial charge in [0.1, 0.15) is 5.82 Å². The number of fused-ring (bicyclic) bond motifs is 1. The van der Waals surface area contributed by atoms with Gasteiger partial charge in [0.15, 0.2) is 0 Å². The first-order valence-corrected chi connectivity index (χ1v) is 12.0. The summed E-state index contributed by atoms with van der Waals surface area (Å²) < 4.78 is 38.9. The normalized spacial score (nSPS) is 16.1. The first-order valence-electron chi connectivity index (χ1n) is 8.99. The second-order valence-electron chi connectivity index (χ2n) is 6.86. The molecule has 28 heavy (non-hydrogen) atoms. The number of anilines is 1. The summed E-state index contributed by atoms with van der Waals surface area (Å²) in [7, 11) is -3.34. The Labute approximate surface area is 169 Å². The van der Waals surface area contributed by atoms with Gasteiger partial charge in [-0.3, -0.25) is 9.10 Å². The highest BCUT2D eigenvalue weighted by molar-refractivity contribution is 7.98. The Balaban J connectivity index is 1.53. The molecule has 0 spiro atoms. The van der Waals surface area contributed by atoms with Crippen LogP contribution < -0.4 is 9.62 Å². The monoisotopic (exact) mass is 422 g/mol. The summed E-state index contributed by atoms with van der Waals surface area (Å²) in [6, 6.07) is 11.6. The van der Waals surface area contributed by atoms with Crippen molar-refractivity contribution in [2.75, 3.05) is 22.9 Å². The van der Waals surface area contributed by atoms with Gasteiger partial charge in [0, 0.05) is 29.7 Å². The van der Waals surface area contributed by atoms with Crippen molar-refractivity contribution in [3.05, 3.63) is 65.0 Å². The molecule has 1 aliphatic heterocycles. The third kappa shape index (κ3) is 4.67. The van der Waals surface area contributed by atoms with Gasteiger partial charge in [-0.1, -0.05) is 18.2 Å². The van der Waals surface area contributed by atoms with E-state index >= 15 is 0 Å². The predicted molar refractivity (Wildman–Crippen MR) is 112 cm³/mol. The molecule has 0 saturated heterocycles. The first-order chi connectivity index (χ1) is 13.3. The van der Waals surface area contributed by atoms with E-state index in [0.29, 0.717) is 41.3 Å². The van der Waals surface area contributed by atoms with Crippen LogP contribution in [0.1, 0.15) is 28.4 Å². The summed E-state index contributed by atoms with van der Waals surface area (Å²) in [6.45, 7) is 2.33. The Hall–Kier alpha value is -2.06. The lowest BCUT2D eigenvalue weighted by atomic mass is 10.1. The molecule has 0 radical (unpaired) electrons. The average molecular weight is 423 g/mol. The molecule has 2 aromatic carbocycles. The standard InChI is InChI=1S/C20H23FN2O3S2/c1-14-11-17-12-15(7-8-19(17)23(14)28(2,25)26)20(24)22-9-10-27-13-16-5-3-4-6-18(16)21/h3-8,12,14H,9-11,13H2,1-2H3,(H,22,24)/t14-/m1/s1. The van der Waals surface area contributed by atoms with Crippen LogP contribution in [0.15, 0.2) is 42.5 Å². The van der Waals surface area contributed by atoms with Crippen LogP contribution in [0.5, 0.6) is 0 Å². The molecule has 0 unspecified atom stereocenters. The smallest absolute Gasteiger partial charge is 0.251 e. The largest absolute Gasteiger partial charge is 0.351 e. The van der Waals surface area contributed by atoms with Crippen LogP contribution in [0, 0.1) is 5.82 Å². The van der Waals surface area contributed by atoms with Crippen molar-refractivity contribution in [1.82, 2.24) is 5.32 Å². The van der Waals surface area contributed by atoms with E-state index in [9.17, 15) is 17.6 Å². The van der Waals surface area contributed by atoms with Crippen LogP contribution in [0.3, 0.4) is 0 Å². The second kappa shape index (κ2) is 8.53. The number of nitrogens with zero attached hydrogens (tertiary/aromatic N) is 1. The van der Waals surface area contributed by atoms with Crippen LogP contribution in [0.2, 0.25) is 0 Å². The van der Waals surface area contributed by atoms with E-state index in [0.717, 1.165) is 5.56 Å². The zero-order valence-corrected chi connectivity index (χ0v) is 17.4. The highest BCUT2D eigenvalue weighted by Crippen LogP contribution is 2.34. The highest BCUT2D eigenvalue weighted by atomic mass is 32.2. The summed E-state index contributed by atoms with van der Waals surface area (Å²) in [5, 5.41) is 2.86. The maximum Gasteiger partial charge on any atom is 0.251 e. The van der Waals surface area contributed by atoms with Gasteiger partial charge in [0.25, 0.3) is 5.91 Å². The zero-order valence-electron chi connectivity index (χ0n) is 15.8. The van der Waals surface area contributed by atoms with E-state index in [4.69, 9.17) is 0 Å². The maximum atomic E-state index is 13.6. The van der Waals surface area contributed by atoms with Crippen molar-refractivity contribution in [1.29, 1.82) is 0 Å². The maximum absolute atomic E-state index is 13.6. The molecule has 0 aromatic heterocycles. The summed E-state index contributed by atoms with van der Waals surface area (Å²) in [6.07, 6.45) is 1.78. The second-order valence-corrected chi connectivity index (χ2v) is 9.82. The van der Waals surface area contributed by atoms with E-state index < -0.39 is 10.0 Å². The molecule has 1 amide bonds. The molecule has 0 fully saturated rings. The molecule has 1 heterocycles. The third-order valence-electron chi connectivity index (χ3n) is 4.60. The number of rotatable bonds is 7. The average Bonchev–Trinajstić information content (AvgIpc) is 2.97. The number of hydrogen-bond acceptors (Lipinski definition) is 4. The van der Waals surface area contributed by atoms with E-state index in [1.165, 1.54) is 16.6 Å². The fraction of sp³-hybridized carbons (Fsp3) is 0.350. The number of thioether (sulfide) groups is 1. The number of carbonyl (C=O) groups excluding carboxylic acids is 1. The van der Waals surface area contributed by atoms with E-state index in [-0.39, 0.29) is 17.8 Å². The molecule has 0 aliphatic carbocycles. The highest BCUT2D eigenvalue weighted by Gasteiger charge is 2.32. The molecular weight excluding hydrogens is 399 g/mol. The topological polar surface area (TPSA) is 66.5 Å². The molecule has 0 saturated carbocycles. The summed E-state index contributed by atoms with van der Waals surface area (Å²) in [5.41, 5.74) is 2.67. The van der Waals surface area contributed by atoms with Gasteiger partial charge in [0.2, 0.25) is 10.0 Å². The molecule has 1 N–H and O–H groups in total. The van der Waals surface area contributed by atoms with Gasteiger partial charge in [-0.25, -0.2) is 12.8 Å². The molecule has 0 bridgehead atoms. The van der Waals surface area contributed by atoms with Gasteiger partial charge in [-0.15, -0.1) is 0 Å². The van der Waals surface area contributed by atoms with Crippen LogP contribution in [0.25, 0.3) is 0 Å². The molecule has 1 aliphatic rings. The Kier molecular flexibility index (Phi) is 6.30. The van der Waals surface area contributed by atoms with E-state index in [1.54, 1.807) is 48.2 Å². The number of nitrogens with one attached hydrogen (secondary N) is 1. The lowest BCUT2D eigenvalue weighted by molar-refractivity contribution is 0.0956. The van der Waals surface area contributed by atoms with Gasteiger partial charge in [0.05, 0.1) is 11.9 Å². The van der Waals surface area contributed by atoms with Crippen LogP contribution >= 0.6 is 11.8 Å². The molecule has 5 nitrogen and oxygen atoms in total. The predicted octanol–water partition coefficient (Wildman–Crippen LogP) is 3.20. The number of carbonyl (C=O) groups is 1. The number of benzene rings is 2. The minimum Gasteiger partial charge on any atom is -0.351 e. The van der Waals surface area contributed by atoms with E-state index in [2.05, 4.69) is 5.32 Å². The Morgan fingerprint density at radius 2 is 2.04 bits per heavy atom. The number of amides is 1. The van der Waals surface area contributed by atoms with Crippen molar-refractivity contribution in [3.8, 4) is 0 Å². The number of hydrogen-bond donors (Lipinski definition) is 1. The lowest BCUT2D eigenvalue weighted by Crippen LogP contribution is -2.34. The van der Waals surface area contributed by atoms with Gasteiger partial charge >= 0.3 is 0 Å². The van der Waals surface area contributed by atoms with Gasteiger partial charge in [-0.05, 0) is 48.7 Å². The first kappa shape index (κ1) is 20.7. The summed E-state index contributed by atoms with van der Waals surface area (Å²) in [5.74, 6) is 0.819. The quantitative estimate of drug-likeness (QED) is 0.696. The van der Waals surface area contributed by atoms with Gasteiger partial charge < -0.3 is 5.32 Å². The molecule has 2 aromatic rings. The Bertz CT molecular complexity index is 979. The van der Waals surface area contributed by atoms with Crippen molar-refractivity contribution in [2.45, 2.75) is 25.1 Å². The molecule has 1 atom stereocenters. The number of halogens is 1. The van der Waals surface area contributed by atoms with Crippen LogP contribution in [0.4, 0.5) is 10.1 Å². The van der Waals surface area contributed by atoms with Crippen molar-refractivity contribution in [2.24, 2.45) is 0 Å². The number of sulfonamides is 1. The Morgan fingerprint density at radius 1 is 1.29 bits per heavy atom. The minimum atomic E-state index is -3.34. The lowest BCUT2D eigenvalue weighted by Gasteiger charge is -2.21. The van der Waals surface area contributed by atoms with Gasteiger partial charge in [-0.2, -0.15) is 11.8 Å². The minimum absolute atomic E-state index is 0.155.